The van der Waals surface area contributed by atoms with E-state index in [9.17, 15) is 0 Å². The number of hydrogen-bond donors (Lipinski definition) is 2. The van der Waals surface area contributed by atoms with Crippen LogP contribution in [-0.4, -0.2) is 19.7 Å². The molecule has 0 aromatic heterocycles. The first-order chi connectivity index (χ1) is 7.60. The van der Waals surface area contributed by atoms with Crippen LogP contribution >= 0.6 is 0 Å². The summed E-state index contributed by atoms with van der Waals surface area (Å²) in [6, 6.07) is 6.50. The molecule has 3 N–H and O–H groups in total. The van der Waals surface area contributed by atoms with Crippen LogP contribution in [0.15, 0.2) is 18.2 Å². The third kappa shape index (κ3) is 2.97. The van der Waals surface area contributed by atoms with Crippen LogP contribution in [0.2, 0.25) is 0 Å². The second kappa shape index (κ2) is 5.87. The third-order valence-electron chi connectivity index (χ3n) is 2.69. The van der Waals surface area contributed by atoms with Crippen LogP contribution in [0, 0.1) is 6.92 Å². The molecule has 1 aromatic carbocycles. The molecule has 0 amide bonds. The van der Waals surface area contributed by atoms with Gasteiger partial charge in [0.15, 0.2) is 0 Å². The summed E-state index contributed by atoms with van der Waals surface area (Å²) in [5.41, 5.74) is 8.29. The zero-order valence-electron chi connectivity index (χ0n) is 10.6. The van der Waals surface area contributed by atoms with Gasteiger partial charge in [0.1, 0.15) is 5.75 Å². The normalized spacial score (nSPS) is 14.6. The van der Waals surface area contributed by atoms with E-state index >= 15 is 0 Å². The van der Waals surface area contributed by atoms with Gasteiger partial charge in [-0.3, -0.25) is 0 Å². The zero-order chi connectivity index (χ0) is 12.1. The van der Waals surface area contributed by atoms with Gasteiger partial charge in [-0.1, -0.05) is 12.1 Å². The second-order valence-electron chi connectivity index (χ2n) is 4.08. The highest BCUT2D eigenvalue weighted by Gasteiger charge is 2.14. The summed E-state index contributed by atoms with van der Waals surface area (Å²) in [5.74, 6) is 0.950. The van der Waals surface area contributed by atoms with E-state index in [2.05, 4.69) is 24.4 Å². The average molecular weight is 222 g/mol. The summed E-state index contributed by atoms with van der Waals surface area (Å²) in [6.07, 6.45) is 0. The van der Waals surface area contributed by atoms with Crippen molar-refractivity contribution in [3.8, 4) is 5.75 Å². The Labute approximate surface area is 98.0 Å². The van der Waals surface area contributed by atoms with Gasteiger partial charge < -0.3 is 15.8 Å². The van der Waals surface area contributed by atoms with Crippen molar-refractivity contribution in [3.63, 3.8) is 0 Å². The molecule has 0 aliphatic heterocycles. The van der Waals surface area contributed by atoms with Crippen molar-refractivity contribution < 1.29 is 4.74 Å². The summed E-state index contributed by atoms with van der Waals surface area (Å²) in [5, 5.41) is 3.23. The van der Waals surface area contributed by atoms with Gasteiger partial charge in [0.25, 0.3) is 0 Å². The summed E-state index contributed by atoms with van der Waals surface area (Å²) >= 11 is 0. The summed E-state index contributed by atoms with van der Waals surface area (Å²) < 4.78 is 5.51. The van der Waals surface area contributed by atoms with Crippen LogP contribution in [0.3, 0.4) is 0 Å². The first kappa shape index (κ1) is 13.0. The number of benzene rings is 1. The lowest BCUT2D eigenvalue weighted by atomic mass is 9.99. The first-order valence-electron chi connectivity index (χ1n) is 5.76. The highest BCUT2D eigenvalue weighted by Crippen LogP contribution is 2.23. The highest BCUT2D eigenvalue weighted by atomic mass is 16.5. The number of nitrogens with one attached hydrogen (secondary N) is 1. The SMILES string of the molecule is CCOc1ccc(C(NC)C(C)N)cc1C. The fourth-order valence-corrected chi connectivity index (χ4v) is 1.92. The molecular formula is C13H22N2O. The standard InChI is InChI=1S/C13H22N2O/c1-5-16-12-7-6-11(8-9(12)2)13(15-4)10(3)14/h6-8,10,13,15H,5,14H2,1-4H3. The average Bonchev–Trinajstić information content (AvgIpc) is 2.22. The van der Waals surface area contributed by atoms with E-state index in [-0.39, 0.29) is 12.1 Å². The van der Waals surface area contributed by atoms with Crippen LogP contribution in [0.1, 0.15) is 31.0 Å². The summed E-state index contributed by atoms with van der Waals surface area (Å²) in [6.45, 7) is 6.75. The smallest absolute Gasteiger partial charge is 0.122 e. The molecule has 0 saturated carbocycles. The van der Waals surface area contributed by atoms with Crippen molar-refractivity contribution in [1.82, 2.24) is 5.32 Å². The van der Waals surface area contributed by atoms with E-state index in [0.29, 0.717) is 6.61 Å². The van der Waals surface area contributed by atoms with Crippen molar-refractivity contribution in [2.75, 3.05) is 13.7 Å². The Kier molecular flexibility index (Phi) is 4.77. The van der Waals surface area contributed by atoms with Crippen LogP contribution in [-0.2, 0) is 0 Å². The molecule has 3 nitrogen and oxygen atoms in total. The number of nitrogens with two attached hydrogens (primary N) is 1. The molecule has 2 atom stereocenters. The fraction of sp³-hybridized carbons (Fsp3) is 0.538. The lowest BCUT2D eigenvalue weighted by Gasteiger charge is -2.21. The topological polar surface area (TPSA) is 47.3 Å². The fourth-order valence-electron chi connectivity index (χ4n) is 1.92. The van der Waals surface area contributed by atoms with Gasteiger partial charge in [0.05, 0.1) is 6.61 Å². The minimum Gasteiger partial charge on any atom is -0.494 e. The maximum absolute atomic E-state index is 5.93. The Morgan fingerprint density at radius 2 is 2.12 bits per heavy atom. The highest BCUT2D eigenvalue weighted by molar-refractivity contribution is 5.37. The molecule has 3 heteroatoms. The van der Waals surface area contributed by atoms with E-state index in [1.54, 1.807) is 0 Å². The predicted molar refractivity (Wildman–Crippen MR) is 67.8 cm³/mol. The predicted octanol–water partition coefficient (Wildman–Crippen LogP) is 2.00. The molecule has 1 aromatic rings. The Morgan fingerprint density at radius 3 is 2.56 bits per heavy atom. The Morgan fingerprint density at radius 1 is 1.44 bits per heavy atom. The number of ether oxygens (including phenoxy) is 1. The molecule has 0 spiro atoms. The molecule has 0 radical (unpaired) electrons. The number of rotatable bonds is 5. The van der Waals surface area contributed by atoms with E-state index in [1.165, 1.54) is 5.56 Å². The number of aryl methyl sites for hydroxylation is 1. The maximum atomic E-state index is 5.93. The van der Waals surface area contributed by atoms with Gasteiger partial charge in [0.2, 0.25) is 0 Å². The molecule has 2 unspecified atom stereocenters. The number of hydrogen-bond acceptors (Lipinski definition) is 3. The third-order valence-corrected chi connectivity index (χ3v) is 2.69. The molecular weight excluding hydrogens is 200 g/mol. The molecule has 0 saturated heterocycles. The first-order valence-corrected chi connectivity index (χ1v) is 5.76. The number of likely N-dealkylation sites (N-methyl/N-ethyl adjacent to an activating group) is 1. The van der Waals surface area contributed by atoms with Crippen molar-refractivity contribution in [2.24, 2.45) is 5.73 Å². The van der Waals surface area contributed by atoms with Gasteiger partial charge in [-0.05, 0) is 45.0 Å². The quantitative estimate of drug-likeness (QED) is 0.801. The lowest BCUT2D eigenvalue weighted by Crippen LogP contribution is -2.33. The van der Waals surface area contributed by atoms with Gasteiger partial charge in [-0.25, -0.2) is 0 Å². The molecule has 1 rings (SSSR count). The van der Waals surface area contributed by atoms with Crippen molar-refractivity contribution in [3.05, 3.63) is 29.3 Å². The van der Waals surface area contributed by atoms with E-state index < -0.39 is 0 Å². The van der Waals surface area contributed by atoms with Crippen molar-refractivity contribution >= 4 is 0 Å². The van der Waals surface area contributed by atoms with Gasteiger partial charge in [-0.2, -0.15) is 0 Å². The molecule has 0 fully saturated rings. The van der Waals surface area contributed by atoms with Crippen molar-refractivity contribution in [2.45, 2.75) is 32.9 Å². The molecule has 0 aliphatic carbocycles. The van der Waals surface area contributed by atoms with Crippen LogP contribution in [0.5, 0.6) is 5.75 Å². The van der Waals surface area contributed by atoms with Crippen LogP contribution in [0.4, 0.5) is 0 Å². The largest absolute Gasteiger partial charge is 0.494 e. The summed E-state index contributed by atoms with van der Waals surface area (Å²) in [4.78, 5) is 0. The maximum Gasteiger partial charge on any atom is 0.122 e. The molecule has 0 heterocycles. The molecule has 0 aliphatic rings. The van der Waals surface area contributed by atoms with Gasteiger partial charge in [-0.15, -0.1) is 0 Å². The van der Waals surface area contributed by atoms with Gasteiger partial charge >= 0.3 is 0 Å². The van der Waals surface area contributed by atoms with Gasteiger partial charge in [0, 0.05) is 12.1 Å². The second-order valence-corrected chi connectivity index (χ2v) is 4.08. The molecule has 90 valence electrons. The monoisotopic (exact) mass is 222 g/mol. The molecule has 0 bridgehead atoms. The molecule has 16 heavy (non-hydrogen) atoms. The van der Waals surface area contributed by atoms with E-state index in [1.807, 2.05) is 27.0 Å². The van der Waals surface area contributed by atoms with Crippen LogP contribution in [0.25, 0.3) is 0 Å². The Hall–Kier alpha value is -1.06. The Bertz CT molecular complexity index is 337. The van der Waals surface area contributed by atoms with Crippen LogP contribution < -0.4 is 15.8 Å². The van der Waals surface area contributed by atoms with E-state index in [4.69, 9.17) is 10.5 Å². The summed E-state index contributed by atoms with van der Waals surface area (Å²) in [7, 11) is 1.93. The Balaban J connectivity index is 2.95. The van der Waals surface area contributed by atoms with Crippen molar-refractivity contribution in [1.29, 1.82) is 0 Å². The lowest BCUT2D eigenvalue weighted by molar-refractivity contribution is 0.337. The zero-order valence-corrected chi connectivity index (χ0v) is 10.6. The minimum atomic E-state index is 0.0855. The van der Waals surface area contributed by atoms with E-state index in [0.717, 1.165) is 11.3 Å². The minimum absolute atomic E-state index is 0.0855.